The van der Waals surface area contributed by atoms with Crippen molar-refractivity contribution >= 4 is 23.4 Å². The molecule has 0 bridgehead atoms. The summed E-state index contributed by atoms with van der Waals surface area (Å²) in [5, 5.41) is 6.22. The van der Waals surface area contributed by atoms with E-state index in [-0.39, 0.29) is 17.7 Å². The van der Waals surface area contributed by atoms with Gasteiger partial charge in [-0.15, -0.1) is 0 Å². The first-order valence-electron chi connectivity index (χ1n) is 9.08. The van der Waals surface area contributed by atoms with Crippen LogP contribution in [0.2, 0.25) is 5.02 Å². The normalized spacial score (nSPS) is 13.2. The minimum atomic E-state index is -0.689. The molecule has 7 heteroatoms. The lowest BCUT2D eigenvalue weighted by atomic mass is 10.0. The number of hydrogen-bond donors (Lipinski definition) is 2. The molecule has 27 heavy (non-hydrogen) atoms. The van der Waals surface area contributed by atoms with E-state index in [1.54, 1.807) is 19.1 Å². The second-order valence-corrected chi connectivity index (χ2v) is 6.58. The van der Waals surface area contributed by atoms with Crippen LogP contribution < -0.4 is 10.6 Å². The van der Waals surface area contributed by atoms with Gasteiger partial charge in [0.05, 0.1) is 12.3 Å². The van der Waals surface area contributed by atoms with E-state index in [1.807, 2.05) is 24.3 Å². The number of nitrogens with one attached hydrogen (secondary N) is 2. The molecule has 2 atom stereocenters. The van der Waals surface area contributed by atoms with Crippen LogP contribution in [0.3, 0.4) is 0 Å². The van der Waals surface area contributed by atoms with Crippen molar-refractivity contribution in [1.82, 2.24) is 15.5 Å². The van der Waals surface area contributed by atoms with Crippen LogP contribution in [0.15, 0.2) is 47.1 Å². The molecule has 0 fully saturated rings. The molecule has 0 saturated heterocycles. The fourth-order valence-corrected chi connectivity index (χ4v) is 3.20. The van der Waals surface area contributed by atoms with Crippen LogP contribution in [0.25, 0.3) is 0 Å². The summed E-state index contributed by atoms with van der Waals surface area (Å²) in [6.07, 6.45) is 1.41. The van der Waals surface area contributed by atoms with Crippen LogP contribution in [0, 0.1) is 0 Å². The van der Waals surface area contributed by atoms with Gasteiger partial charge in [-0.2, -0.15) is 0 Å². The molecule has 0 spiro atoms. The van der Waals surface area contributed by atoms with Crippen LogP contribution in [-0.2, 0) is 4.79 Å². The Morgan fingerprint density at radius 3 is 2.44 bits per heavy atom. The molecule has 0 radical (unpaired) electrons. The molecule has 0 saturated carbocycles. The molecule has 1 aromatic carbocycles. The van der Waals surface area contributed by atoms with Crippen molar-refractivity contribution in [2.45, 2.75) is 32.9 Å². The Hall–Kier alpha value is -2.31. The quantitative estimate of drug-likeness (QED) is 0.688. The molecule has 1 aromatic heterocycles. The third kappa shape index (κ3) is 5.58. The highest BCUT2D eigenvalue weighted by molar-refractivity contribution is 6.31. The summed E-state index contributed by atoms with van der Waals surface area (Å²) in [5.41, 5.74) is 0.968. The number of rotatable bonds is 9. The number of amides is 2. The van der Waals surface area contributed by atoms with Crippen LogP contribution in [0.5, 0.6) is 0 Å². The van der Waals surface area contributed by atoms with Crippen molar-refractivity contribution in [3.05, 3.63) is 59.0 Å². The molecule has 2 rings (SSSR count). The molecule has 2 aromatic rings. The zero-order chi connectivity index (χ0) is 19.8. The molecule has 1 heterocycles. The summed E-state index contributed by atoms with van der Waals surface area (Å²) >= 11 is 6.37. The van der Waals surface area contributed by atoms with Crippen molar-refractivity contribution in [2.24, 2.45) is 0 Å². The smallest absolute Gasteiger partial charge is 0.287 e. The van der Waals surface area contributed by atoms with Gasteiger partial charge in [0.2, 0.25) is 5.91 Å². The maximum Gasteiger partial charge on any atom is 0.287 e. The van der Waals surface area contributed by atoms with E-state index in [0.29, 0.717) is 11.6 Å². The lowest BCUT2D eigenvalue weighted by Gasteiger charge is -2.31. The number of benzene rings is 1. The van der Waals surface area contributed by atoms with Gasteiger partial charge < -0.3 is 15.1 Å². The summed E-state index contributed by atoms with van der Waals surface area (Å²) in [7, 11) is 0. The Morgan fingerprint density at radius 1 is 1.15 bits per heavy atom. The number of carbonyl (C=O) groups is 2. The molecule has 146 valence electrons. The third-order valence-corrected chi connectivity index (χ3v) is 4.82. The molecule has 2 amide bonds. The van der Waals surface area contributed by atoms with Crippen molar-refractivity contribution in [3.63, 3.8) is 0 Å². The first kappa shape index (κ1) is 21.0. The van der Waals surface area contributed by atoms with Crippen molar-refractivity contribution in [1.29, 1.82) is 0 Å². The largest absolute Gasteiger partial charge is 0.459 e. The second kappa shape index (κ2) is 10.1. The van der Waals surface area contributed by atoms with Crippen LogP contribution in [-0.4, -0.2) is 42.4 Å². The zero-order valence-electron chi connectivity index (χ0n) is 15.9. The number of carbonyl (C=O) groups excluding carboxylic acids is 2. The predicted octanol–water partition coefficient (Wildman–Crippen LogP) is 3.25. The van der Waals surface area contributed by atoms with E-state index in [9.17, 15) is 9.59 Å². The minimum Gasteiger partial charge on any atom is -0.459 e. The fourth-order valence-electron chi connectivity index (χ4n) is 2.94. The topological polar surface area (TPSA) is 74.6 Å². The Balaban J connectivity index is 2.02. The third-order valence-electron chi connectivity index (χ3n) is 4.47. The lowest BCUT2D eigenvalue weighted by Crippen LogP contribution is -2.47. The first-order chi connectivity index (χ1) is 13.0. The fraction of sp³-hybridized carbons (Fsp3) is 0.400. The molecule has 0 aliphatic heterocycles. The zero-order valence-corrected chi connectivity index (χ0v) is 16.6. The number of hydrogen-bond acceptors (Lipinski definition) is 4. The van der Waals surface area contributed by atoms with Gasteiger partial charge in [-0.25, -0.2) is 0 Å². The number of furan rings is 1. The van der Waals surface area contributed by atoms with Crippen molar-refractivity contribution in [2.75, 3.05) is 19.6 Å². The molecule has 6 nitrogen and oxygen atoms in total. The minimum absolute atomic E-state index is 0.0503. The summed E-state index contributed by atoms with van der Waals surface area (Å²) in [5.74, 6) is -0.514. The van der Waals surface area contributed by atoms with Crippen molar-refractivity contribution in [3.8, 4) is 0 Å². The number of nitrogens with zero attached hydrogens (tertiary/aromatic N) is 1. The molecule has 2 N–H and O–H groups in total. The van der Waals surface area contributed by atoms with Crippen LogP contribution in [0.1, 0.15) is 42.9 Å². The van der Waals surface area contributed by atoms with Gasteiger partial charge in [0, 0.05) is 11.6 Å². The summed E-state index contributed by atoms with van der Waals surface area (Å²) in [4.78, 5) is 26.7. The molecule has 0 aliphatic carbocycles. The van der Waals surface area contributed by atoms with Gasteiger partial charge in [-0.3, -0.25) is 14.5 Å². The SMILES string of the molecule is CCN(CC)C(CNC(=O)C(C)NC(=O)c1ccco1)c1ccccc1Cl. The highest BCUT2D eigenvalue weighted by atomic mass is 35.5. The predicted molar refractivity (Wildman–Crippen MR) is 106 cm³/mol. The van der Waals surface area contributed by atoms with Crippen molar-refractivity contribution < 1.29 is 14.0 Å². The standard InChI is InChI=1S/C20H26ClN3O3/c1-4-24(5-2)17(15-9-6-7-10-16(15)21)13-22-19(25)14(3)23-20(26)18-11-8-12-27-18/h6-12,14,17H,4-5,13H2,1-3H3,(H,22,25)(H,23,26). The van der Waals surface area contributed by atoms with Crippen LogP contribution >= 0.6 is 11.6 Å². The van der Waals surface area contributed by atoms with E-state index in [1.165, 1.54) is 6.26 Å². The summed E-state index contributed by atoms with van der Waals surface area (Å²) in [6, 6.07) is 10.1. The number of likely N-dealkylation sites (N-methyl/N-ethyl adjacent to an activating group) is 1. The van der Waals surface area contributed by atoms with E-state index in [0.717, 1.165) is 18.7 Å². The highest BCUT2D eigenvalue weighted by Gasteiger charge is 2.23. The molecular weight excluding hydrogens is 366 g/mol. The lowest BCUT2D eigenvalue weighted by molar-refractivity contribution is -0.122. The maximum atomic E-state index is 12.5. The van der Waals surface area contributed by atoms with E-state index in [2.05, 4.69) is 29.4 Å². The van der Waals surface area contributed by atoms with E-state index >= 15 is 0 Å². The molecule has 2 unspecified atom stereocenters. The monoisotopic (exact) mass is 391 g/mol. The Bertz CT molecular complexity index is 745. The van der Waals surface area contributed by atoms with Gasteiger partial charge >= 0.3 is 0 Å². The first-order valence-corrected chi connectivity index (χ1v) is 9.46. The Labute approximate surface area is 164 Å². The van der Waals surface area contributed by atoms with Gasteiger partial charge in [0.15, 0.2) is 5.76 Å². The maximum absolute atomic E-state index is 12.5. The van der Waals surface area contributed by atoms with Gasteiger partial charge in [0.25, 0.3) is 5.91 Å². The van der Waals surface area contributed by atoms with E-state index < -0.39 is 11.9 Å². The van der Waals surface area contributed by atoms with Crippen LogP contribution in [0.4, 0.5) is 0 Å². The summed E-state index contributed by atoms with van der Waals surface area (Å²) in [6.45, 7) is 7.83. The molecule has 0 aliphatic rings. The second-order valence-electron chi connectivity index (χ2n) is 6.18. The number of halogens is 1. The highest BCUT2D eigenvalue weighted by Crippen LogP contribution is 2.26. The Morgan fingerprint density at radius 2 is 1.85 bits per heavy atom. The van der Waals surface area contributed by atoms with Gasteiger partial charge in [-0.05, 0) is 43.8 Å². The average molecular weight is 392 g/mol. The van der Waals surface area contributed by atoms with E-state index in [4.69, 9.17) is 16.0 Å². The summed E-state index contributed by atoms with van der Waals surface area (Å²) < 4.78 is 5.04. The average Bonchev–Trinajstić information content (AvgIpc) is 3.20. The molecular formula is C20H26ClN3O3. The Kier molecular flexibility index (Phi) is 7.88. The van der Waals surface area contributed by atoms with Gasteiger partial charge in [0.1, 0.15) is 6.04 Å². The van der Waals surface area contributed by atoms with Gasteiger partial charge in [-0.1, -0.05) is 43.6 Å².